The first-order chi connectivity index (χ1) is 18.0. The van der Waals surface area contributed by atoms with Crippen molar-refractivity contribution in [3.8, 4) is 5.75 Å². The summed E-state index contributed by atoms with van der Waals surface area (Å²) in [5.74, 6) is 0.805. The number of pyridine rings is 1. The Labute approximate surface area is 221 Å². The fourth-order valence-corrected chi connectivity index (χ4v) is 5.27. The van der Waals surface area contributed by atoms with E-state index in [9.17, 15) is 9.59 Å². The zero-order valence-corrected chi connectivity index (χ0v) is 21.7. The lowest BCUT2D eigenvalue weighted by Gasteiger charge is -2.31. The Morgan fingerprint density at radius 3 is 2.76 bits per heavy atom. The minimum absolute atomic E-state index is 0.0521. The third-order valence-corrected chi connectivity index (χ3v) is 7.17. The Morgan fingerprint density at radius 2 is 1.95 bits per heavy atom. The van der Waals surface area contributed by atoms with Gasteiger partial charge in [0.25, 0.3) is 0 Å². The van der Waals surface area contributed by atoms with Gasteiger partial charge in [0.05, 0.1) is 44.6 Å². The Balaban J connectivity index is 1.33. The van der Waals surface area contributed by atoms with Gasteiger partial charge < -0.3 is 19.7 Å². The topological polar surface area (TPSA) is 84.0 Å². The van der Waals surface area contributed by atoms with Crippen LogP contribution in [0.1, 0.15) is 16.8 Å². The number of carbonyl (C=O) groups excluding carboxylic acids is 2. The minimum Gasteiger partial charge on any atom is -0.496 e. The van der Waals surface area contributed by atoms with Crippen molar-refractivity contribution in [2.45, 2.75) is 19.4 Å². The molecule has 0 saturated carbocycles. The van der Waals surface area contributed by atoms with Crippen LogP contribution >= 0.6 is 11.6 Å². The Hall–Kier alpha value is -3.20. The first kappa shape index (κ1) is 25.4. The molecule has 2 aromatic carbocycles. The fraction of sp³-hybridized carbons (Fsp3) is 0.393. The average Bonchev–Trinajstić information content (AvgIpc) is 2.91. The zero-order chi connectivity index (χ0) is 25.8. The molecular formula is C28H31ClN4O4. The summed E-state index contributed by atoms with van der Waals surface area (Å²) in [6.45, 7) is 4.21. The van der Waals surface area contributed by atoms with E-state index in [2.05, 4.69) is 10.2 Å². The number of rotatable bonds is 8. The Morgan fingerprint density at radius 1 is 1.14 bits per heavy atom. The van der Waals surface area contributed by atoms with Crippen LogP contribution < -0.4 is 10.1 Å². The number of methoxy groups -OCH3 is 1. The molecule has 1 saturated heterocycles. The number of carbonyl (C=O) groups is 2. The molecule has 5 rings (SSSR count). The highest BCUT2D eigenvalue weighted by molar-refractivity contribution is 6.30. The van der Waals surface area contributed by atoms with E-state index in [4.69, 9.17) is 26.1 Å². The number of aromatic nitrogens is 1. The first-order valence-corrected chi connectivity index (χ1v) is 13.0. The second kappa shape index (κ2) is 11.5. The number of ether oxygens (including phenoxy) is 2. The van der Waals surface area contributed by atoms with Gasteiger partial charge in [0.2, 0.25) is 5.91 Å². The second-order valence-electron chi connectivity index (χ2n) is 9.41. The molecule has 37 heavy (non-hydrogen) atoms. The van der Waals surface area contributed by atoms with Gasteiger partial charge in [0, 0.05) is 66.3 Å². The van der Waals surface area contributed by atoms with Crippen LogP contribution in [0.25, 0.3) is 10.9 Å². The van der Waals surface area contributed by atoms with Crippen LogP contribution in [0.5, 0.6) is 5.75 Å². The summed E-state index contributed by atoms with van der Waals surface area (Å²) in [4.78, 5) is 34.8. The summed E-state index contributed by atoms with van der Waals surface area (Å²) in [5, 5.41) is 4.99. The van der Waals surface area contributed by atoms with E-state index in [0.29, 0.717) is 50.2 Å². The molecule has 0 atom stereocenters. The summed E-state index contributed by atoms with van der Waals surface area (Å²) >= 11 is 6.15. The predicted octanol–water partition coefficient (Wildman–Crippen LogP) is 3.34. The number of halogens is 1. The number of benzene rings is 2. The summed E-state index contributed by atoms with van der Waals surface area (Å²) < 4.78 is 10.8. The van der Waals surface area contributed by atoms with Crippen LogP contribution in [-0.2, 0) is 33.7 Å². The molecule has 3 heterocycles. The van der Waals surface area contributed by atoms with Gasteiger partial charge in [-0.2, -0.15) is 0 Å². The van der Waals surface area contributed by atoms with E-state index in [1.54, 1.807) is 25.3 Å². The summed E-state index contributed by atoms with van der Waals surface area (Å²) in [6, 6.07) is 13.3. The van der Waals surface area contributed by atoms with Gasteiger partial charge in [0.15, 0.2) is 5.78 Å². The van der Waals surface area contributed by atoms with E-state index in [1.165, 1.54) is 0 Å². The molecule has 194 valence electrons. The standard InChI is InChI=1S/C28H31ClN4O4/c1-36-26-7-6-20(29)14-19(26)15-21(34)17-32-9-8-25-23(18-32)28(22-4-2-3-5-24(22)31-25)30-16-27(35)33-10-12-37-13-11-33/h2-7,14H,8-13,15-18H2,1H3,(H,30,31). The molecule has 8 nitrogen and oxygen atoms in total. The van der Waals surface area contributed by atoms with E-state index >= 15 is 0 Å². The molecule has 0 aliphatic carbocycles. The highest BCUT2D eigenvalue weighted by Gasteiger charge is 2.25. The number of amides is 1. The largest absolute Gasteiger partial charge is 0.496 e. The second-order valence-corrected chi connectivity index (χ2v) is 9.84. The molecule has 9 heteroatoms. The number of para-hydroxylation sites is 1. The quantitative estimate of drug-likeness (QED) is 0.486. The highest BCUT2D eigenvalue weighted by atomic mass is 35.5. The maximum absolute atomic E-state index is 13.0. The number of hydrogen-bond acceptors (Lipinski definition) is 7. The van der Waals surface area contributed by atoms with Gasteiger partial charge in [-0.1, -0.05) is 29.8 Å². The van der Waals surface area contributed by atoms with Crippen molar-refractivity contribution in [3.63, 3.8) is 0 Å². The maximum Gasteiger partial charge on any atom is 0.242 e. The number of fused-ring (bicyclic) bond motifs is 2. The Kier molecular flexibility index (Phi) is 7.88. The van der Waals surface area contributed by atoms with E-state index < -0.39 is 0 Å². The normalized spacial score (nSPS) is 15.9. The fourth-order valence-electron chi connectivity index (χ4n) is 5.07. The van der Waals surface area contributed by atoms with Crippen LogP contribution in [0.4, 0.5) is 5.69 Å². The summed E-state index contributed by atoms with van der Waals surface area (Å²) in [7, 11) is 1.59. The van der Waals surface area contributed by atoms with Crippen LogP contribution in [0.15, 0.2) is 42.5 Å². The third kappa shape index (κ3) is 5.87. The van der Waals surface area contributed by atoms with Gasteiger partial charge in [0.1, 0.15) is 5.75 Å². The van der Waals surface area contributed by atoms with Crippen LogP contribution in [-0.4, -0.2) is 79.5 Å². The summed E-state index contributed by atoms with van der Waals surface area (Å²) in [6.07, 6.45) is 0.988. The number of anilines is 1. The van der Waals surface area contributed by atoms with Gasteiger partial charge in [-0.3, -0.25) is 19.5 Å². The monoisotopic (exact) mass is 522 g/mol. The van der Waals surface area contributed by atoms with Crippen molar-refractivity contribution < 1.29 is 19.1 Å². The van der Waals surface area contributed by atoms with Crippen molar-refractivity contribution in [2.24, 2.45) is 0 Å². The Bertz CT molecular complexity index is 1310. The molecule has 1 aromatic heterocycles. The number of ketones is 1. The van der Waals surface area contributed by atoms with Gasteiger partial charge in [-0.25, -0.2) is 0 Å². The first-order valence-electron chi connectivity index (χ1n) is 12.6. The van der Waals surface area contributed by atoms with E-state index in [0.717, 1.165) is 46.4 Å². The van der Waals surface area contributed by atoms with Crippen molar-refractivity contribution in [2.75, 3.05) is 58.4 Å². The third-order valence-electron chi connectivity index (χ3n) is 6.94. The molecule has 1 amide bonds. The van der Waals surface area contributed by atoms with Crippen molar-refractivity contribution in [1.82, 2.24) is 14.8 Å². The number of nitrogens with one attached hydrogen (secondary N) is 1. The highest BCUT2D eigenvalue weighted by Crippen LogP contribution is 2.32. The van der Waals surface area contributed by atoms with Gasteiger partial charge >= 0.3 is 0 Å². The van der Waals surface area contributed by atoms with Gasteiger partial charge in [-0.05, 0) is 24.3 Å². The number of morpholine rings is 1. The van der Waals surface area contributed by atoms with Crippen LogP contribution in [0.3, 0.4) is 0 Å². The minimum atomic E-state index is 0.0521. The van der Waals surface area contributed by atoms with Gasteiger partial charge in [-0.15, -0.1) is 0 Å². The lowest BCUT2D eigenvalue weighted by molar-refractivity contribution is -0.133. The average molecular weight is 523 g/mol. The molecule has 0 radical (unpaired) electrons. The number of hydrogen-bond donors (Lipinski definition) is 1. The molecular weight excluding hydrogens is 492 g/mol. The van der Waals surface area contributed by atoms with E-state index in [-0.39, 0.29) is 24.7 Å². The van der Waals surface area contributed by atoms with Crippen molar-refractivity contribution >= 4 is 39.9 Å². The zero-order valence-electron chi connectivity index (χ0n) is 21.0. The molecule has 1 N–H and O–H groups in total. The molecule has 0 spiro atoms. The van der Waals surface area contributed by atoms with E-state index in [1.807, 2.05) is 29.2 Å². The van der Waals surface area contributed by atoms with Crippen LogP contribution in [0, 0.1) is 0 Å². The van der Waals surface area contributed by atoms with Crippen molar-refractivity contribution in [3.05, 3.63) is 64.3 Å². The lowest BCUT2D eigenvalue weighted by Crippen LogP contribution is -2.43. The maximum atomic E-state index is 13.0. The summed E-state index contributed by atoms with van der Waals surface area (Å²) in [5.41, 5.74) is 4.68. The molecule has 1 fully saturated rings. The molecule has 0 unspecified atom stereocenters. The van der Waals surface area contributed by atoms with Crippen molar-refractivity contribution in [1.29, 1.82) is 0 Å². The van der Waals surface area contributed by atoms with Crippen LogP contribution in [0.2, 0.25) is 5.02 Å². The smallest absolute Gasteiger partial charge is 0.242 e. The molecule has 0 bridgehead atoms. The lowest BCUT2D eigenvalue weighted by atomic mass is 9.99. The molecule has 2 aliphatic heterocycles. The number of nitrogens with zero attached hydrogens (tertiary/aromatic N) is 3. The number of Topliss-reactive ketones (excluding diaryl/α,β-unsaturated/α-hetero) is 1. The molecule has 2 aliphatic rings. The SMILES string of the molecule is COc1ccc(Cl)cc1CC(=O)CN1CCc2nc3ccccc3c(NCC(=O)N3CCOCC3)c2C1. The molecule has 3 aromatic rings. The predicted molar refractivity (Wildman–Crippen MR) is 143 cm³/mol.